The molecule has 0 aromatic heterocycles. The summed E-state index contributed by atoms with van der Waals surface area (Å²) in [6.07, 6.45) is 9.77. The molecule has 2 fully saturated rings. The van der Waals surface area contributed by atoms with Crippen LogP contribution in [0.2, 0.25) is 0 Å². The third-order valence-corrected chi connectivity index (χ3v) is 4.81. The predicted molar refractivity (Wildman–Crippen MR) is 74.1 cm³/mol. The number of nitrogens with zero attached hydrogens (tertiary/aromatic N) is 1. The molecular formula is C15H28N2O. The van der Waals surface area contributed by atoms with Crippen LogP contribution in [-0.4, -0.2) is 29.9 Å². The predicted octanol–water partition coefficient (Wildman–Crippen LogP) is 2.54. The third-order valence-electron chi connectivity index (χ3n) is 4.81. The van der Waals surface area contributed by atoms with Gasteiger partial charge in [-0.2, -0.15) is 0 Å². The van der Waals surface area contributed by atoms with E-state index >= 15 is 0 Å². The highest BCUT2D eigenvalue weighted by atomic mass is 16.2. The maximum Gasteiger partial charge on any atom is 0.222 e. The van der Waals surface area contributed by atoms with E-state index in [2.05, 4.69) is 11.8 Å². The van der Waals surface area contributed by atoms with Crippen molar-refractivity contribution in [3.05, 3.63) is 0 Å². The van der Waals surface area contributed by atoms with Crippen LogP contribution in [-0.2, 0) is 4.79 Å². The second-order valence-corrected chi connectivity index (χ2v) is 6.28. The Morgan fingerprint density at radius 3 is 2.56 bits per heavy atom. The second kappa shape index (κ2) is 6.55. The summed E-state index contributed by atoms with van der Waals surface area (Å²) in [5, 5.41) is 0. The Kier molecular flexibility index (Phi) is 5.04. The molecule has 3 nitrogen and oxygen atoms in total. The molecule has 1 amide bonds. The van der Waals surface area contributed by atoms with Crippen molar-refractivity contribution < 1.29 is 4.79 Å². The molecule has 2 rings (SSSR count). The SMILES string of the molecule is CC1CC(CN)CN1C(=O)CCC1CCCCC1. The van der Waals surface area contributed by atoms with Gasteiger partial charge in [-0.1, -0.05) is 32.1 Å². The average Bonchev–Trinajstić information content (AvgIpc) is 2.78. The van der Waals surface area contributed by atoms with Crippen LogP contribution in [0, 0.1) is 11.8 Å². The molecule has 1 heterocycles. The molecule has 104 valence electrons. The molecule has 2 atom stereocenters. The number of likely N-dealkylation sites (tertiary alicyclic amines) is 1. The first-order chi connectivity index (χ1) is 8.70. The number of nitrogens with two attached hydrogens (primary N) is 1. The second-order valence-electron chi connectivity index (χ2n) is 6.28. The van der Waals surface area contributed by atoms with Crippen molar-refractivity contribution in [3.8, 4) is 0 Å². The van der Waals surface area contributed by atoms with E-state index in [0.29, 0.717) is 17.9 Å². The van der Waals surface area contributed by atoms with Gasteiger partial charge in [0.15, 0.2) is 0 Å². The molecule has 0 radical (unpaired) electrons. The third kappa shape index (κ3) is 3.47. The number of hydrogen-bond acceptors (Lipinski definition) is 2. The Bertz CT molecular complexity index is 274. The van der Waals surface area contributed by atoms with E-state index in [1.165, 1.54) is 32.1 Å². The zero-order valence-corrected chi connectivity index (χ0v) is 11.7. The minimum Gasteiger partial charge on any atom is -0.340 e. The van der Waals surface area contributed by atoms with Crippen molar-refractivity contribution in [2.45, 2.75) is 64.3 Å². The molecule has 0 bridgehead atoms. The largest absolute Gasteiger partial charge is 0.340 e. The van der Waals surface area contributed by atoms with Crippen LogP contribution in [0.4, 0.5) is 0 Å². The average molecular weight is 252 g/mol. The van der Waals surface area contributed by atoms with Crippen LogP contribution in [0.25, 0.3) is 0 Å². The number of carbonyl (C=O) groups is 1. The topological polar surface area (TPSA) is 46.3 Å². The van der Waals surface area contributed by atoms with Gasteiger partial charge in [0.1, 0.15) is 0 Å². The highest BCUT2D eigenvalue weighted by Gasteiger charge is 2.31. The first-order valence-electron chi connectivity index (χ1n) is 7.70. The summed E-state index contributed by atoms with van der Waals surface area (Å²) in [6, 6.07) is 0.400. The lowest BCUT2D eigenvalue weighted by atomic mass is 9.86. The number of amides is 1. The van der Waals surface area contributed by atoms with Gasteiger partial charge in [-0.15, -0.1) is 0 Å². The van der Waals surface area contributed by atoms with Gasteiger partial charge in [-0.05, 0) is 38.1 Å². The lowest BCUT2D eigenvalue weighted by molar-refractivity contribution is -0.132. The standard InChI is InChI=1S/C15H28N2O/c1-12-9-14(10-16)11-17(12)15(18)8-7-13-5-3-2-4-6-13/h12-14H,2-11,16H2,1H3. The van der Waals surface area contributed by atoms with Crippen molar-refractivity contribution in [3.63, 3.8) is 0 Å². The number of hydrogen-bond donors (Lipinski definition) is 1. The molecule has 2 aliphatic rings. The molecule has 3 heteroatoms. The summed E-state index contributed by atoms with van der Waals surface area (Å²) >= 11 is 0. The van der Waals surface area contributed by atoms with Crippen LogP contribution in [0.5, 0.6) is 0 Å². The zero-order valence-electron chi connectivity index (χ0n) is 11.7. The summed E-state index contributed by atoms with van der Waals surface area (Å²) in [7, 11) is 0. The summed E-state index contributed by atoms with van der Waals surface area (Å²) in [4.78, 5) is 14.3. The van der Waals surface area contributed by atoms with Crippen molar-refractivity contribution in [2.75, 3.05) is 13.1 Å². The van der Waals surface area contributed by atoms with Crippen molar-refractivity contribution in [2.24, 2.45) is 17.6 Å². The molecule has 0 aromatic rings. The smallest absolute Gasteiger partial charge is 0.222 e. The fourth-order valence-corrected chi connectivity index (χ4v) is 3.61. The quantitative estimate of drug-likeness (QED) is 0.835. The summed E-state index contributed by atoms with van der Waals surface area (Å²) in [6.45, 7) is 3.77. The van der Waals surface area contributed by atoms with Crippen LogP contribution >= 0.6 is 0 Å². The lowest BCUT2D eigenvalue weighted by Gasteiger charge is -2.25. The van der Waals surface area contributed by atoms with E-state index in [9.17, 15) is 4.79 Å². The first-order valence-corrected chi connectivity index (χ1v) is 7.70. The van der Waals surface area contributed by atoms with E-state index in [0.717, 1.165) is 38.3 Å². The molecule has 18 heavy (non-hydrogen) atoms. The van der Waals surface area contributed by atoms with Gasteiger partial charge >= 0.3 is 0 Å². The zero-order chi connectivity index (χ0) is 13.0. The Morgan fingerprint density at radius 1 is 1.22 bits per heavy atom. The minimum absolute atomic E-state index is 0.365. The van der Waals surface area contributed by atoms with E-state index in [4.69, 9.17) is 5.73 Å². The maximum absolute atomic E-state index is 12.2. The van der Waals surface area contributed by atoms with Gasteiger partial charge in [0.2, 0.25) is 5.91 Å². The van der Waals surface area contributed by atoms with Crippen LogP contribution in [0.1, 0.15) is 58.3 Å². The van der Waals surface area contributed by atoms with Crippen molar-refractivity contribution in [1.29, 1.82) is 0 Å². The molecule has 0 aromatic carbocycles. The van der Waals surface area contributed by atoms with Crippen LogP contribution in [0.15, 0.2) is 0 Å². The van der Waals surface area contributed by atoms with Gasteiger partial charge in [0.25, 0.3) is 0 Å². The monoisotopic (exact) mass is 252 g/mol. The van der Waals surface area contributed by atoms with E-state index in [1.54, 1.807) is 0 Å². The van der Waals surface area contributed by atoms with Gasteiger partial charge in [-0.3, -0.25) is 4.79 Å². The van der Waals surface area contributed by atoms with Crippen molar-refractivity contribution in [1.82, 2.24) is 4.90 Å². The summed E-state index contributed by atoms with van der Waals surface area (Å²) in [5.74, 6) is 1.70. The van der Waals surface area contributed by atoms with E-state index in [1.807, 2.05) is 0 Å². The molecule has 2 unspecified atom stereocenters. The van der Waals surface area contributed by atoms with Crippen molar-refractivity contribution >= 4 is 5.91 Å². The molecule has 2 N–H and O–H groups in total. The normalized spacial score (nSPS) is 29.8. The highest BCUT2D eigenvalue weighted by Crippen LogP contribution is 2.29. The Labute approximate surface area is 111 Å². The van der Waals surface area contributed by atoms with Crippen LogP contribution < -0.4 is 5.73 Å². The van der Waals surface area contributed by atoms with Gasteiger partial charge in [0.05, 0.1) is 0 Å². The summed E-state index contributed by atoms with van der Waals surface area (Å²) < 4.78 is 0. The minimum atomic E-state index is 0.365. The molecule has 1 aliphatic carbocycles. The van der Waals surface area contributed by atoms with Gasteiger partial charge < -0.3 is 10.6 Å². The summed E-state index contributed by atoms with van der Waals surface area (Å²) in [5.41, 5.74) is 5.71. The highest BCUT2D eigenvalue weighted by molar-refractivity contribution is 5.76. The van der Waals surface area contributed by atoms with Gasteiger partial charge in [0, 0.05) is 19.0 Å². The number of carbonyl (C=O) groups excluding carboxylic acids is 1. The van der Waals surface area contributed by atoms with Crippen LogP contribution in [0.3, 0.4) is 0 Å². The molecular weight excluding hydrogens is 224 g/mol. The Balaban J connectivity index is 1.74. The molecule has 1 saturated carbocycles. The Morgan fingerprint density at radius 2 is 1.94 bits per heavy atom. The Hall–Kier alpha value is -0.570. The molecule has 0 spiro atoms. The fourth-order valence-electron chi connectivity index (χ4n) is 3.61. The number of rotatable bonds is 4. The molecule has 1 saturated heterocycles. The first kappa shape index (κ1) is 13.9. The fraction of sp³-hybridized carbons (Fsp3) is 0.933. The van der Waals surface area contributed by atoms with E-state index < -0.39 is 0 Å². The van der Waals surface area contributed by atoms with Gasteiger partial charge in [-0.25, -0.2) is 0 Å². The maximum atomic E-state index is 12.2. The molecule has 1 aliphatic heterocycles. The lowest BCUT2D eigenvalue weighted by Crippen LogP contribution is -2.34. The van der Waals surface area contributed by atoms with E-state index in [-0.39, 0.29) is 0 Å².